The second-order valence-electron chi connectivity index (χ2n) is 11.6. The minimum absolute atomic E-state index is 0. The van der Waals surface area contributed by atoms with Crippen LogP contribution in [0.4, 0.5) is 0 Å². The Morgan fingerprint density at radius 3 is 0.868 bits per heavy atom. The molecular weight excluding hydrogens is 736 g/mol. The summed E-state index contributed by atoms with van der Waals surface area (Å²) in [7, 11) is 1.95. The van der Waals surface area contributed by atoms with Crippen LogP contribution in [-0.4, -0.2) is 202 Å². The van der Waals surface area contributed by atoms with Gasteiger partial charge in [0.05, 0.1) is 23.9 Å². The molecule has 4 fully saturated rings. The smallest absolute Gasteiger partial charge is 0.187 e. The van der Waals surface area contributed by atoms with Gasteiger partial charge in [-0.3, -0.25) is 0 Å². The van der Waals surface area contributed by atoms with Crippen LogP contribution in [0.3, 0.4) is 0 Å². The summed E-state index contributed by atoms with van der Waals surface area (Å²) in [6, 6.07) is 0. The Bertz CT molecular complexity index is 1250. The Balaban J connectivity index is 0.00000486. The molecule has 25 nitrogen and oxygen atoms in total. The summed E-state index contributed by atoms with van der Waals surface area (Å²) in [6.07, 6.45) is -44.8. The summed E-state index contributed by atoms with van der Waals surface area (Å²) in [6.45, 7) is 0. The molecule has 0 aromatic rings. The third-order valence-corrected chi connectivity index (χ3v) is 8.49. The molecule has 8 N–H and O–H groups in total. The van der Waals surface area contributed by atoms with Crippen molar-refractivity contribution < 1.29 is 123 Å². The molecule has 53 heavy (non-hydrogen) atoms. The van der Waals surface area contributed by atoms with Gasteiger partial charge in [0.1, 0.15) is 97.7 Å². The van der Waals surface area contributed by atoms with Crippen LogP contribution < -0.4 is 20.4 Å². The number of hydrogen-bond donors (Lipinski definition) is 8. The molecule has 0 amide bonds. The molecule has 7 unspecified atom stereocenters. The normalized spacial score (nSPS) is 45.9. The van der Waals surface area contributed by atoms with E-state index in [1.54, 1.807) is 0 Å². The summed E-state index contributed by atoms with van der Waals surface area (Å²) in [5, 5.41) is 132. The molecule has 20 atom stereocenters. The molecule has 308 valence electrons. The molecule has 0 radical (unpaired) electrons. The van der Waals surface area contributed by atoms with E-state index < -0.39 is 147 Å². The van der Waals surface area contributed by atoms with Crippen LogP contribution in [0.1, 0.15) is 14.9 Å². The molecule has 0 spiro atoms. The first kappa shape index (κ1) is 46.4. The van der Waals surface area contributed by atoms with Crippen LogP contribution in [0.25, 0.3) is 0 Å². The standard InChI is InChI=1S/C26H38O25.2CH4/c1-43-11-3(27)8(32)24(49-15(11)19(35)36)46-13-5(29)10(34)26(51-17(13)21(39)40)47-14-6(30)9(33)25(50-18(14)22(41)42)45-12-4(28)7(31)23(44-2)48-16(12)20(37)38;;/h3-18,23-34H,1-2H3,(H,35,36)(H,37,38)(H,39,40)(H,41,42);2*1H4/p-4/t3-,4?,5?,6+,7+,8?,9?,10?,11-,12-,13-,14-,15?,16+,17+,18?,23+,24+,25+,26+;;/m0../s1. The number of carbonyl (C=O) groups excluding carboxylic acids is 4. The van der Waals surface area contributed by atoms with Crippen LogP contribution in [0, 0.1) is 0 Å². The number of aliphatic hydroxyl groups excluding tert-OH is 8. The zero-order valence-corrected chi connectivity index (χ0v) is 26.1. The van der Waals surface area contributed by atoms with Crippen LogP contribution >= 0.6 is 0 Å². The van der Waals surface area contributed by atoms with Crippen LogP contribution in [0.15, 0.2) is 0 Å². The van der Waals surface area contributed by atoms with Crippen molar-refractivity contribution >= 4 is 23.9 Å². The van der Waals surface area contributed by atoms with E-state index in [9.17, 15) is 80.5 Å². The Hall–Kier alpha value is -2.80. The Kier molecular flexibility index (Phi) is 16.3. The topological polar surface area (TPSA) is 405 Å². The minimum atomic E-state index is -2.54. The van der Waals surface area contributed by atoms with Crippen molar-refractivity contribution in [3.8, 4) is 0 Å². The monoisotopic (exact) mass is 778 g/mol. The maximum absolute atomic E-state index is 12.0. The maximum Gasteiger partial charge on any atom is 0.187 e. The third kappa shape index (κ3) is 9.19. The number of methoxy groups -OCH3 is 2. The Morgan fingerprint density at radius 1 is 0.396 bits per heavy atom. The van der Waals surface area contributed by atoms with E-state index in [1.807, 2.05) is 0 Å². The summed E-state index contributed by atoms with van der Waals surface area (Å²) < 4.78 is 45.3. The molecule has 25 heteroatoms. The highest BCUT2D eigenvalue weighted by Crippen LogP contribution is 2.34. The predicted octanol–water partition coefficient (Wildman–Crippen LogP) is -12.1. The lowest BCUT2D eigenvalue weighted by Gasteiger charge is -2.49. The van der Waals surface area contributed by atoms with E-state index in [-0.39, 0.29) is 14.9 Å². The van der Waals surface area contributed by atoms with Gasteiger partial charge in [-0.1, -0.05) is 14.9 Å². The highest BCUT2D eigenvalue weighted by Gasteiger charge is 2.56. The first-order valence-corrected chi connectivity index (χ1v) is 14.8. The van der Waals surface area contributed by atoms with Gasteiger partial charge < -0.3 is 123 Å². The van der Waals surface area contributed by atoms with Gasteiger partial charge in [0.2, 0.25) is 0 Å². The molecule has 4 aliphatic rings. The number of aliphatic hydroxyl groups is 8. The summed E-state index contributed by atoms with van der Waals surface area (Å²) in [5.74, 6) is -8.42. The highest BCUT2D eigenvalue weighted by atomic mass is 16.8. The second-order valence-corrected chi connectivity index (χ2v) is 11.6. The Morgan fingerprint density at radius 2 is 0.623 bits per heavy atom. The summed E-state index contributed by atoms with van der Waals surface area (Å²) in [4.78, 5) is 47.2. The SMILES string of the molecule is C.C.CO[C@@H]1O[C@@H](C(=O)[O-])[C@@H](O[C@@H]2OC(C(=O)[O-])[C@@H](O[C@@H]3O[C@@H](C(=O)[O-])[C@@H](O[C@@H]4OC(C(=O)[O-])[C@@H](OC)[C@@H](O)C4O)C(O)C3O)[C@H](O)C2O)C(O)[C@H]1O. The van der Waals surface area contributed by atoms with Crippen molar-refractivity contribution in [3.63, 3.8) is 0 Å². The van der Waals surface area contributed by atoms with E-state index in [0.29, 0.717) is 0 Å². The van der Waals surface area contributed by atoms with Crippen LogP contribution in [0.2, 0.25) is 0 Å². The molecular formula is C28H42O25-4. The summed E-state index contributed by atoms with van der Waals surface area (Å²) in [5.41, 5.74) is 0. The van der Waals surface area contributed by atoms with Gasteiger partial charge in [-0.15, -0.1) is 0 Å². The first-order chi connectivity index (χ1) is 23.9. The zero-order chi connectivity index (χ0) is 38.2. The van der Waals surface area contributed by atoms with Gasteiger partial charge in [-0.25, -0.2) is 0 Å². The van der Waals surface area contributed by atoms with Gasteiger partial charge >= 0.3 is 0 Å². The number of aliphatic carboxylic acids is 4. The van der Waals surface area contributed by atoms with E-state index in [2.05, 4.69) is 0 Å². The largest absolute Gasteiger partial charge is 0.547 e. The van der Waals surface area contributed by atoms with E-state index >= 15 is 0 Å². The molecule has 4 aliphatic heterocycles. The van der Waals surface area contributed by atoms with Crippen molar-refractivity contribution in [3.05, 3.63) is 0 Å². The molecule has 4 saturated heterocycles. The van der Waals surface area contributed by atoms with Crippen LogP contribution in [-0.2, 0) is 61.8 Å². The summed E-state index contributed by atoms with van der Waals surface area (Å²) >= 11 is 0. The fourth-order valence-electron chi connectivity index (χ4n) is 5.82. The Labute approximate surface area is 299 Å². The average molecular weight is 779 g/mol. The lowest BCUT2D eigenvalue weighted by Crippen LogP contribution is -2.70. The van der Waals surface area contributed by atoms with Gasteiger partial charge in [-0.05, 0) is 0 Å². The van der Waals surface area contributed by atoms with Crippen molar-refractivity contribution in [1.29, 1.82) is 0 Å². The van der Waals surface area contributed by atoms with E-state index in [1.165, 1.54) is 0 Å². The fraction of sp³-hybridized carbons (Fsp3) is 0.857. The van der Waals surface area contributed by atoms with Crippen molar-refractivity contribution in [2.24, 2.45) is 0 Å². The maximum atomic E-state index is 12.0. The number of carboxylic acids is 4. The lowest BCUT2D eigenvalue weighted by molar-refractivity contribution is -0.402. The average Bonchev–Trinajstić information content (AvgIpc) is 3.07. The van der Waals surface area contributed by atoms with Crippen molar-refractivity contribution in [1.82, 2.24) is 0 Å². The number of rotatable bonds is 12. The number of carboxylic acid groups (broad SMARTS) is 4. The molecule has 4 heterocycles. The minimum Gasteiger partial charge on any atom is -0.547 e. The highest BCUT2D eigenvalue weighted by molar-refractivity contribution is 5.72. The van der Waals surface area contributed by atoms with E-state index in [0.717, 1.165) is 14.2 Å². The fourth-order valence-corrected chi connectivity index (χ4v) is 5.82. The van der Waals surface area contributed by atoms with E-state index in [4.69, 9.17) is 42.6 Å². The third-order valence-electron chi connectivity index (χ3n) is 8.49. The van der Waals surface area contributed by atoms with Gasteiger partial charge in [0, 0.05) is 14.2 Å². The van der Waals surface area contributed by atoms with Gasteiger partial charge in [-0.2, -0.15) is 0 Å². The zero-order valence-electron chi connectivity index (χ0n) is 26.1. The second kappa shape index (κ2) is 18.7. The number of hydrogen-bond acceptors (Lipinski definition) is 25. The van der Waals surface area contributed by atoms with Crippen molar-refractivity contribution in [2.45, 2.75) is 138 Å². The molecule has 0 aromatic carbocycles. The molecule has 4 rings (SSSR count). The molecule has 0 saturated carbocycles. The lowest BCUT2D eigenvalue weighted by atomic mass is 9.95. The first-order valence-electron chi connectivity index (χ1n) is 14.8. The predicted molar refractivity (Wildman–Crippen MR) is 149 cm³/mol. The van der Waals surface area contributed by atoms with Gasteiger partial charge in [0.25, 0.3) is 0 Å². The van der Waals surface area contributed by atoms with Crippen molar-refractivity contribution in [2.75, 3.05) is 14.2 Å². The quantitative estimate of drug-likeness (QED) is 0.0911. The van der Waals surface area contributed by atoms with Gasteiger partial charge in [0.15, 0.2) is 25.2 Å². The molecule has 0 bridgehead atoms. The molecule has 0 aliphatic carbocycles. The number of ether oxygens (including phenoxy) is 9. The van der Waals surface area contributed by atoms with Crippen LogP contribution in [0.5, 0.6) is 0 Å². The molecule has 0 aromatic heterocycles. The number of carbonyl (C=O) groups is 4.